The highest BCUT2D eigenvalue weighted by Crippen LogP contribution is 2.22. The van der Waals surface area contributed by atoms with Crippen LogP contribution in [0.5, 0.6) is 0 Å². The van der Waals surface area contributed by atoms with Crippen LogP contribution in [0.25, 0.3) is 0 Å². The molecule has 1 aliphatic rings. The summed E-state index contributed by atoms with van der Waals surface area (Å²) in [5.74, 6) is 0.0119. The maximum atomic E-state index is 12.3. The molecule has 29 heavy (non-hydrogen) atoms. The Labute approximate surface area is 169 Å². The van der Waals surface area contributed by atoms with Crippen molar-refractivity contribution in [1.29, 1.82) is 0 Å². The number of hydrogen-bond acceptors (Lipinski definition) is 3. The van der Waals surface area contributed by atoms with Gasteiger partial charge in [-0.3, -0.25) is 4.79 Å². The summed E-state index contributed by atoms with van der Waals surface area (Å²) in [6.07, 6.45) is 0.294. The van der Waals surface area contributed by atoms with E-state index in [1.807, 2.05) is 84.9 Å². The molecule has 1 fully saturated rings. The number of nitrogens with zero attached hydrogens (tertiary/aromatic N) is 1. The molecule has 1 atom stereocenters. The fourth-order valence-electron chi connectivity index (χ4n) is 3.34. The quantitative estimate of drug-likeness (QED) is 0.610. The molecule has 3 N–H and O–H groups in total. The van der Waals surface area contributed by atoms with Crippen molar-refractivity contribution in [1.82, 2.24) is 5.32 Å². The van der Waals surface area contributed by atoms with Crippen LogP contribution < -0.4 is 20.9 Å². The van der Waals surface area contributed by atoms with E-state index in [0.717, 1.165) is 17.1 Å². The highest BCUT2D eigenvalue weighted by molar-refractivity contribution is 5.97. The number of carbonyl (C=O) groups is 2. The topological polar surface area (TPSA) is 73.5 Å². The lowest BCUT2D eigenvalue weighted by atomic mass is 10.2. The summed E-state index contributed by atoms with van der Waals surface area (Å²) in [5.41, 5.74) is 3.47. The molecule has 0 aromatic heterocycles. The molecule has 3 aromatic carbocycles. The van der Waals surface area contributed by atoms with Crippen LogP contribution in [0, 0.1) is 0 Å². The summed E-state index contributed by atoms with van der Waals surface area (Å²) >= 11 is 0. The molecule has 1 heterocycles. The Morgan fingerprint density at radius 2 is 1.38 bits per heavy atom. The predicted octanol–water partition coefficient (Wildman–Crippen LogP) is 4.36. The van der Waals surface area contributed by atoms with Crippen molar-refractivity contribution >= 4 is 34.7 Å². The number of benzene rings is 3. The van der Waals surface area contributed by atoms with E-state index in [0.29, 0.717) is 18.7 Å². The van der Waals surface area contributed by atoms with E-state index < -0.39 is 0 Å². The van der Waals surface area contributed by atoms with Gasteiger partial charge in [0.25, 0.3) is 0 Å². The van der Waals surface area contributed by atoms with Gasteiger partial charge in [-0.1, -0.05) is 36.4 Å². The molecule has 0 unspecified atom stereocenters. The number of carbonyl (C=O) groups excluding carboxylic acids is 2. The van der Waals surface area contributed by atoms with Gasteiger partial charge in [-0.15, -0.1) is 0 Å². The number of rotatable bonds is 5. The lowest BCUT2D eigenvalue weighted by Gasteiger charge is -2.17. The number of para-hydroxylation sites is 2. The number of hydrogen-bond donors (Lipinski definition) is 3. The number of nitrogens with one attached hydrogen (secondary N) is 3. The molecule has 3 aromatic rings. The van der Waals surface area contributed by atoms with Gasteiger partial charge in [-0.05, 0) is 48.5 Å². The Bertz CT molecular complexity index is 975. The van der Waals surface area contributed by atoms with Crippen molar-refractivity contribution in [2.24, 2.45) is 0 Å². The first kappa shape index (κ1) is 18.6. The van der Waals surface area contributed by atoms with E-state index in [2.05, 4.69) is 16.0 Å². The molecule has 146 valence electrons. The minimum atomic E-state index is -0.318. The van der Waals surface area contributed by atoms with Crippen LogP contribution in [-0.4, -0.2) is 24.5 Å². The summed E-state index contributed by atoms with van der Waals surface area (Å²) in [6, 6.07) is 26.3. The second-order valence-electron chi connectivity index (χ2n) is 6.91. The number of amides is 3. The molecule has 0 saturated carbocycles. The zero-order chi connectivity index (χ0) is 20.1. The smallest absolute Gasteiger partial charge is 0.319 e. The minimum absolute atomic E-state index is 0.0119. The van der Waals surface area contributed by atoms with Crippen LogP contribution in [-0.2, 0) is 4.79 Å². The average Bonchev–Trinajstić information content (AvgIpc) is 3.10. The monoisotopic (exact) mass is 386 g/mol. The van der Waals surface area contributed by atoms with Crippen molar-refractivity contribution in [2.45, 2.75) is 12.5 Å². The van der Waals surface area contributed by atoms with Gasteiger partial charge in [0, 0.05) is 35.7 Å². The highest BCUT2D eigenvalue weighted by Gasteiger charge is 2.31. The SMILES string of the molecule is O=C(Nc1ccc(Nc2ccccc2)cc1)N[C@@H]1CC(=O)N(c2ccccc2)C1. The highest BCUT2D eigenvalue weighted by atomic mass is 16.2. The molecule has 3 amide bonds. The normalized spacial score (nSPS) is 15.8. The van der Waals surface area contributed by atoms with E-state index >= 15 is 0 Å². The molecule has 6 heteroatoms. The Balaban J connectivity index is 1.30. The van der Waals surface area contributed by atoms with Gasteiger partial charge in [-0.2, -0.15) is 0 Å². The standard InChI is InChI=1S/C23H22N4O2/c28-22-15-20(16-27(22)21-9-5-2-6-10-21)26-23(29)25-19-13-11-18(12-14-19)24-17-7-3-1-4-8-17/h1-14,20,24H,15-16H2,(H2,25,26,29)/t20-/m1/s1. The molecule has 6 nitrogen and oxygen atoms in total. The third kappa shape index (κ3) is 4.73. The van der Waals surface area contributed by atoms with Gasteiger partial charge in [0.15, 0.2) is 0 Å². The molecule has 0 spiro atoms. The largest absolute Gasteiger partial charge is 0.356 e. The molecule has 1 aliphatic heterocycles. The predicted molar refractivity (Wildman–Crippen MR) is 116 cm³/mol. The Kier molecular flexibility index (Phi) is 5.42. The molecule has 1 saturated heterocycles. The van der Waals surface area contributed by atoms with Gasteiger partial charge >= 0.3 is 6.03 Å². The van der Waals surface area contributed by atoms with Crippen molar-refractivity contribution in [3.63, 3.8) is 0 Å². The van der Waals surface area contributed by atoms with E-state index in [-0.39, 0.29) is 18.0 Å². The summed E-state index contributed by atoms with van der Waals surface area (Å²) in [6.45, 7) is 0.468. The van der Waals surface area contributed by atoms with E-state index in [9.17, 15) is 9.59 Å². The first-order chi connectivity index (χ1) is 14.2. The first-order valence-corrected chi connectivity index (χ1v) is 9.52. The van der Waals surface area contributed by atoms with Crippen LogP contribution in [0.15, 0.2) is 84.9 Å². The molecule has 0 aliphatic carbocycles. The second-order valence-corrected chi connectivity index (χ2v) is 6.91. The van der Waals surface area contributed by atoms with Gasteiger partial charge in [-0.25, -0.2) is 4.79 Å². The van der Waals surface area contributed by atoms with Crippen LogP contribution in [0.1, 0.15) is 6.42 Å². The maximum absolute atomic E-state index is 12.3. The molecule has 0 bridgehead atoms. The Morgan fingerprint density at radius 1 is 0.793 bits per heavy atom. The Morgan fingerprint density at radius 3 is 2.07 bits per heavy atom. The van der Waals surface area contributed by atoms with E-state index in [4.69, 9.17) is 0 Å². The second kappa shape index (κ2) is 8.48. The summed E-state index contributed by atoms with van der Waals surface area (Å²) < 4.78 is 0. The summed E-state index contributed by atoms with van der Waals surface area (Å²) in [4.78, 5) is 26.3. The van der Waals surface area contributed by atoms with Gasteiger partial charge in [0.05, 0.1) is 6.04 Å². The molecule has 0 radical (unpaired) electrons. The van der Waals surface area contributed by atoms with Crippen LogP contribution in [0.4, 0.5) is 27.5 Å². The number of urea groups is 1. The Hall–Kier alpha value is -3.80. The average molecular weight is 386 g/mol. The fraction of sp³-hybridized carbons (Fsp3) is 0.130. The van der Waals surface area contributed by atoms with Crippen LogP contribution in [0.2, 0.25) is 0 Å². The fourth-order valence-corrected chi connectivity index (χ4v) is 3.34. The first-order valence-electron chi connectivity index (χ1n) is 9.52. The minimum Gasteiger partial charge on any atom is -0.356 e. The van der Waals surface area contributed by atoms with Gasteiger partial charge in [0.2, 0.25) is 5.91 Å². The summed E-state index contributed by atoms with van der Waals surface area (Å²) in [5, 5.41) is 9.00. The summed E-state index contributed by atoms with van der Waals surface area (Å²) in [7, 11) is 0. The van der Waals surface area contributed by atoms with E-state index in [1.165, 1.54) is 0 Å². The lowest BCUT2D eigenvalue weighted by Crippen LogP contribution is -2.39. The third-order valence-corrected chi connectivity index (χ3v) is 4.73. The van der Waals surface area contributed by atoms with Crippen LogP contribution >= 0.6 is 0 Å². The van der Waals surface area contributed by atoms with Crippen LogP contribution in [0.3, 0.4) is 0 Å². The van der Waals surface area contributed by atoms with E-state index in [1.54, 1.807) is 4.90 Å². The van der Waals surface area contributed by atoms with Crippen molar-refractivity contribution in [3.05, 3.63) is 84.9 Å². The third-order valence-electron chi connectivity index (χ3n) is 4.73. The zero-order valence-electron chi connectivity index (χ0n) is 15.8. The van der Waals surface area contributed by atoms with Crippen molar-refractivity contribution in [2.75, 3.05) is 22.1 Å². The van der Waals surface area contributed by atoms with Gasteiger partial charge in [0.1, 0.15) is 0 Å². The van der Waals surface area contributed by atoms with Gasteiger partial charge < -0.3 is 20.9 Å². The zero-order valence-corrected chi connectivity index (χ0v) is 15.8. The van der Waals surface area contributed by atoms with Crippen molar-refractivity contribution < 1.29 is 9.59 Å². The number of anilines is 4. The van der Waals surface area contributed by atoms with Crippen molar-refractivity contribution in [3.8, 4) is 0 Å². The molecular formula is C23H22N4O2. The lowest BCUT2D eigenvalue weighted by molar-refractivity contribution is -0.117. The maximum Gasteiger partial charge on any atom is 0.319 e. The molecule has 4 rings (SSSR count). The molecular weight excluding hydrogens is 364 g/mol.